The maximum atomic E-state index is 12.1. The molecule has 5 nitrogen and oxygen atoms in total. The van der Waals surface area contributed by atoms with Crippen molar-refractivity contribution in [2.24, 2.45) is 5.92 Å². The van der Waals surface area contributed by atoms with Crippen molar-refractivity contribution >= 4 is 16.8 Å². The quantitative estimate of drug-likeness (QED) is 0.918. The highest BCUT2D eigenvalue weighted by Gasteiger charge is 2.26. The van der Waals surface area contributed by atoms with E-state index in [4.69, 9.17) is 0 Å². The molecule has 4 rings (SSSR count). The number of rotatable bonds is 5. The highest BCUT2D eigenvalue weighted by atomic mass is 16.2. The molecule has 5 heteroatoms. The largest absolute Gasteiger partial charge is 0.342 e. The maximum Gasteiger partial charge on any atom is 0.236 e. The summed E-state index contributed by atoms with van der Waals surface area (Å²) in [7, 11) is 0. The van der Waals surface area contributed by atoms with Gasteiger partial charge in [-0.05, 0) is 44.1 Å². The van der Waals surface area contributed by atoms with Crippen molar-refractivity contribution in [3.63, 3.8) is 0 Å². The Morgan fingerprint density at radius 3 is 2.92 bits per heavy atom. The molecule has 0 radical (unpaired) electrons. The third-order valence-corrected chi connectivity index (χ3v) is 5.52. The second-order valence-electron chi connectivity index (χ2n) is 7.23. The number of amides is 1. The third-order valence-electron chi connectivity index (χ3n) is 5.52. The molecule has 1 amide bonds. The first-order chi connectivity index (χ1) is 11.8. The fraction of sp³-hybridized carbons (Fsp3) is 0.579. The molecular formula is C19H26N4O. The fourth-order valence-corrected chi connectivity index (χ4v) is 4.15. The average Bonchev–Trinajstić information content (AvgIpc) is 3.35. The second kappa shape index (κ2) is 6.93. The van der Waals surface area contributed by atoms with E-state index < -0.39 is 0 Å². The van der Waals surface area contributed by atoms with Gasteiger partial charge in [-0.25, -0.2) is 0 Å². The lowest BCUT2D eigenvalue weighted by atomic mass is 10.1. The molecule has 1 aromatic heterocycles. The topological polar surface area (TPSA) is 50.2 Å². The molecule has 0 unspecified atom stereocenters. The second-order valence-corrected chi connectivity index (χ2v) is 7.23. The van der Waals surface area contributed by atoms with E-state index in [1.54, 1.807) is 0 Å². The molecule has 1 aliphatic carbocycles. The third kappa shape index (κ3) is 3.31. The molecule has 0 bridgehead atoms. The number of likely N-dealkylation sites (tertiary alicyclic amines) is 1. The van der Waals surface area contributed by atoms with E-state index in [-0.39, 0.29) is 5.91 Å². The first kappa shape index (κ1) is 15.6. The number of carbonyl (C=O) groups is 1. The Hall–Kier alpha value is -1.88. The number of hydrogen-bond acceptors (Lipinski definition) is 3. The van der Waals surface area contributed by atoms with E-state index in [1.165, 1.54) is 17.3 Å². The van der Waals surface area contributed by atoms with Gasteiger partial charge in [-0.2, -0.15) is 5.10 Å². The zero-order valence-electron chi connectivity index (χ0n) is 14.2. The van der Waals surface area contributed by atoms with E-state index >= 15 is 0 Å². The summed E-state index contributed by atoms with van der Waals surface area (Å²) in [6.07, 6.45) is 7.79. The van der Waals surface area contributed by atoms with Crippen LogP contribution in [-0.2, 0) is 11.3 Å². The van der Waals surface area contributed by atoms with Gasteiger partial charge in [-0.1, -0.05) is 18.2 Å². The summed E-state index contributed by atoms with van der Waals surface area (Å²) in [5.74, 6) is 0.918. The van der Waals surface area contributed by atoms with Crippen LogP contribution < -0.4 is 5.32 Å². The van der Waals surface area contributed by atoms with Crippen LogP contribution in [0.2, 0.25) is 0 Å². The van der Waals surface area contributed by atoms with Crippen molar-refractivity contribution in [3.05, 3.63) is 30.5 Å². The lowest BCUT2D eigenvalue weighted by Gasteiger charge is -2.18. The normalized spacial score (nSPS) is 24.1. The van der Waals surface area contributed by atoms with Gasteiger partial charge in [0.05, 0.1) is 18.3 Å². The van der Waals surface area contributed by atoms with E-state index in [0.717, 1.165) is 45.3 Å². The van der Waals surface area contributed by atoms with Gasteiger partial charge in [-0.15, -0.1) is 0 Å². The molecule has 2 heterocycles. The molecule has 2 atom stereocenters. The van der Waals surface area contributed by atoms with E-state index in [1.807, 2.05) is 11.1 Å². The maximum absolute atomic E-state index is 12.1. The minimum atomic E-state index is 0.272. The van der Waals surface area contributed by atoms with Crippen LogP contribution in [0.4, 0.5) is 0 Å². The predicted octanol–water partition coefficient (Wildman–Crippen LogP) is 2.42. The smallest absolute Gasteiger partial charge is 0.236 e. The Labute approximate surface area is 143 Å². The van der Waals surface area contributed by atoms with Crippen molar-refractivity contribution in [1.29, 1.82) is 0 Å². The first-order valence-corrected chi connectivity index (χ1v) is 9.21. The van der Waals surface area contributed by atoms with Crippen LogP contribution in [0.1, 0.15) is 32.1 Å². The van der Waals surface area contributed by atoms with Crippen molar-refractivity contribution in [2.75, 3.05) is 19.6 Å². The molecule has 1 saturated carbocycles. The van der Waals surface area contributed by atoms with Crippen molar-refractivity contribution in [1.82, 2.24) is 20.0 Å². The molecule has 2 aliphatic rings. The van der Waals surface area contributed by atoms with E-state index in [9.17, 15) is 4.79 Å². The van der Waals surface area contributed by atoms with E-state index in [2.05, 4.69) is 39.4 Å². The Morgan fingerprint density at radius 1 is 1.21 bits per heavy atom. The lowest BCUT2D eigenvalue weighted by molar-refractivity contribution is -0.129. The van der Waals surface area contributed by atoms with Gasteiger partial charge in [-0.3, -0.25) is 9.48 Å². The van der Waals surface area contributed by atoms with E-state index in [0.29, 0.717) is 18.5 Å². The molecule has 0 spiro atoms. The first-order valence-electron chi connectivity index (χ1n) is 9.21. The average molecular weight is 326 g/mol. The van der Waals surface area contributed by atoms with Crippen LogP contribution in [0.3, 0.4) is 0 Å². The molecule has 128 valence electrons. The number of hydrogen-bond donors (Lipinski definition) is 1. The van der Waals surface area contributed by atoms with Gasteiger partial charge < -0.3 is 10.2 Å². The van der Waals surface area contributed by atoms with Crippen LogP contribution in [0.15, 0.2) is 30.5 Å². The summed E-state index contributed by atoms with van der Waals surface area (Å²) in [6, 6.07) is 8.86. The zero-order valence-corrected chi connectivity index (χ0v) is 14.2. The van der Waals surface area contributed by atoms with Gasteiger partial charge in [0.15, 0.2) is 0 Å². The standard InChI is InChI=1S/C19H26N4O/c24-19(22-9-3-4-10-22)13-20-17-8-7-15(11-17)14-23-18-6-2-1-5-16(18)12-21-23/h1-2,5-6,12,15,17,20H,3-4,7-11,13-14H2/t15-,17+/m1/s1. The number of para-hydroxylation sites is 1. The highest BCUT2D eigenvalue weighted by Crippen LogP contribution is 2.28. The van der Waals surface area contributed by atoms with Crippen LogP contribution in [0, 0.1) is 5.92 Å². The molecule has 2 aromatic rings. The number of nitrogens with one attached hydrogen (secondary N) is 1. The number of fused-ring (bicyclic) bond motifs is 1. The van der Waals surface area contributed by atoms with Gasteiger partial charge in [0.2, 0.25) is 5.91 Å². The monoisotopic (exact) mass is 326 g/mol. The van der Waals surface area contributed by atoms with Gasteiger partial charge in [0, 0.05) is 31.1 Å². The Kier molecular flexibility index (Phi) is 4.52. The molecule has 24 heavy (non-hydrogen) atoms. The molecule has 1 aliphatic heterocycles. The summed E-state index contributed by atoms with van der Waals surface area (Å²) in [4.78, 5) is 14.1. The molecule has 2 fully saturated rings. The predicted molar refractivity (Wildman–Crippen MR) is 94.7 cm³/mol. The van der Waals surface area contributed by atoms with Gasteiger partial charge in [0.1, 0.15) is 0 Å². The Bertz CT molecular complexity index is 704. The summed E-state index contributed by atoms with van der Waals surface area (Å²) < 4.78 is 2.14. The summed E-state index contributed by atoms with van der Waals surface area (Å²) in [5.41, 5.74) is 1.22. The minimum absolute atomic E-state index is 0.272. The number of nitrogens with zero attached hydrogens (tertiary/aromatic N) is 3. The molecule has 1 N–H and O–H groups in total. The summed E-state index contributed by atoms with van der Waals surface area (Å²) >= 11 is 0. The molecular weight excluding hydrogens is 300 g/mol. The van der Waals surface area contributed by atoms with Crippen LogP contribution >= 0.6 is 0 Å². The van der Waals surface area contributed by atoms with Crippen LogP contribution in [-0.4, -0.2) is 46.3 Å². The van der Waals surface area contributed by atoms with Crippen molar-refractivity contribution < 1.29 is 4.79 Å². The summed E-state index contributed by atoms with van der Waals surface area (Å²) in [5, 5.41) is 9.24. The minimum Gasteiger partial charge on any atom is -0.342 e. The Morgan fingerprint density at radius 2 is 2.04 bits per heavy atom. The number of carbonyl (C=O) groups excluding carboxylic acids is 1. The zero-order chi connectivity index (χ0) is 16.4. The molecule has 1 aromatic carbocycles. The number of aromatic nitrogens is 2. The molecule has 1 saturated heterocycles. The SMILES string of the molecule is O=C(CN[C@H]1CC[C@@H](Cn2ncc3ccccc32)C1)N1CCCC1. The van der Waals surface area contributed by atoms with Gasteiger partial charge >= 0.3 is 0 Å². The lowest BCUT2D eigenvalue weighted by Crippen LogP contribution is -2.39. The van der Waals surface area contributed by atoms with Gasteiger partial charge in [0.25, 0.3) is 0 Å². The van der Waals surface area contributed by atoms with Crippen molar-refractivity contribution in [2.45, 2.75) is 44.7 Å². The Balaban J connectivity index is 1.28. The van der Waals surface area contributed by atoms with Crippen LogP contribution in [0.5, 0.6) is 0 Å². The highest BCUT2D eigenvalue weighted by molar-refractivity contribution is 5.78. The van der Waals surface area contributed by atoms with Crippen LogP contribution in [0.25, 0.3) is 10.9 Å². The summed E-state index contributed by atoms with van der Waals surface area (Å²) in [6.45, 7) is 3.37. The fourth-order valence-electron chi connectivity index (χ4n) is 4.15. The number of benzene rings is 1. The van der Waals surface area contributed by atoms with Crippen molar-refractivity contribution in [3.8, 4) is 0 Å².